The first-order valence-corrected chi connectivity index (χ1v) is 11.2. The molecule has 1 aliphatic heterocycles. The van der Waals surface area contributed by atoms with E-state index in [2.05, 4.69) is 38.6 Å². The maximum absolute atomic E-state index is 9.23. The van der Waals surface area contributed by atoms with Gasteiger partial charge in [-0.3, -0.25) is 9.88 Å². The van der Waals surface area contributed by atoms with Crippen molar-refractivity contribution in [2.75, 3.05) is 39.4 Å². The number of nitrogens with zero attached hydrogens (tertiary/aromatic N) is 3. The molecule has 1 aliphatic carbocycles. The maximum atomic E-state index is 9.23. The molecule has 0 amide bonds. The van der Waals surface area contributed by atoms with Crippen LogP contribution >= 0.6 is 0 Å². The van der Waals surface area contributed by atoms with Crippen molar-refractivity contribution in [3.05, 3.63) is 65.7 Å². The van der Waals surface area contributed by atoms with Crippen molar-refractivity contribution < 1.29 is 14.4 Å². The van der Waals surface area contributed by atoms with Crippen molar-refractivity contribution in [2.45, 2.75) is 19.4 Å². The molecule has 0 radical (unpaired) electrons. The lowest BCUT2D eigenvalue weighted by Crippen LogP contribution is -2.40. The molecule has 32 heavy (non-hydrogen) atoms. The minimum absolute atomic E-state index is 0.675. The van der Waals surface area contributed by atoms with Gasteiger partial charge >= 0.3 is 0 Å². The molecule has 2 N–H and O–H groups in total. The van der Waals surface area contributed by atoms with E-state index in [0.717, 1.165) is 91.7 Å². The summed E-state index contributed by atoms with van der Waals surface area (Å²) >= 11 is 0. The number of hydrogen-bond donors (Lipinski definition) is 2. The van der Waals surface area contributed by atoms with Gasteiger partial charge in [-0.2, -0.15) is 0 Å². The first kappa shape index (κ1) is 20.9. The highest BCUT2D eigenvalue weighted by molar-refractivity contribution is 6.04. The Hall–Kier alpha value is -3.00. The van der Waals surface area contributed by atoms with Crippen LogP contribution in [0.1, 0.15) is 23.3 Å². The summed E-state index contributed by atoms with van der Waals surface area (Å²) in [5.41, 5.74) is 6.15. The van der Waals surface area contributed by atoms with E-state index in [9.17, 15) is 5.21 Å². The molecule has 3 aromatic rings. The normalized spacial score (nSPS) is 17.7. The molecule has 0 bridgehead atoms. The topological polar surface area (TPSA) is 83.1 Å². The average Bonchev–Trinajstić information content (AvgIpc) is 3.47. The third-order valence-corrected chi connectivity index (χ3v) is 6.21. The summed E-state index contributed by atoms with van der Waals surface area (Å²) in [5, 5.41) is 16.2. The number of ether oxygens (including phenoxy) is 1. The third-order valence-electron chi connectivity index (χ3n) is 6.21. The first-order chi connectivity index (χ1) is 15.8. The third kappa shape index (κ3) is 4.46. The fourth-order valence-electron chi connectivity index (χ4n) is 4.48. The highest BCUT2D eigenvalue weighted by Crippen LogP contribution is 2.37. The van der Waals surface area contributed by atoms with Gasteiger partial charge in [0.15, 0.2) is 0 Å². The van der Waals surface area contributed by atoms with Crippen molar-refractivity contribution >= 4 is 5.71 Å². The number of nitrogens with one attached hydrogen (secondary N) is 1. The Bertz CT molecular complexity index is 1090. The zero-order valence-electron chi connectivity index (χ0n) is 18.1. The number of furan rings is 1. The van der Waals surface area contributed by atoms with Crippen molar-refractivity contribution in [1.29, 1.82) is 0 Å². The smallest absolute Gasteiger partial charge is 0.142 e. The maximum Gasteiger partial charge on any atom is 0.142 e. The van der Waals surface area contributed by atoms with E-state index in [0.29, 0.717) is 6.54 Å². The number of oxime groups is 1. The van der Waals surface area contributed by atoms with E-state index in [4.69, 9.17) is 9.15 Å². The van der Waals surface area contributed by atoms with Gasteiger partial charge in [0.25, 0.3) is 0 Å². The van der Waals surface area contributed by atoms with Crippen LogP contribution in [0, 0.1) is 0 Å². The quantitative estimate of drug-likeness (QED) is 0.338. The lowest BCUT2D eigenvalue weighted by atomic mass is 9.99. The predicted octanol–water partition coefficient (Wildman–Crippen LogP) is 3.55. The molecule has 7 nitrogen and oxygen atoms in total. The summed E-state index contributed by atoms with van der Waals surface area (Å²) in [5.74, 6) is 1.77. The van der Waals surface area contributed by atoms with Gasteiger partial charge in [0.1, 0.15) is 11.5 Å². The van der Waals surface area contributed by atoms with Crippen molar-refractivity contribution in [2.24, 2.45) is 5.16 Å². The van der Waals surface area contributed by atoms with Gasteiger partial charge in [-0.15, -0.1) is 0 Å². The van der Waals surface area contributed by atoms with Gasteiger partial charge in [0, 0.05) is 55.3 Å². The summed E-state index contributed by atoms with van der Waals surface area (Å²) < 4.78 is 11.8. The lowest BCUT2D eigenvalue weighted by molar-refractivity contribution is 0.0383. The molecular formula is C25H28N4O3. The Morgan fingerprint density at radius 1 is 1.00 bits per heavy atom. The number of aryl methyl sites for hydroxylation is 1. The highest BCUT2D eigenvalue weighted by Gasteiger charge is 2.21. The van der Waals surface area contributed by atoms with Crippen LogP contribution < -0.4 is 5.32 Å². The zero-order valence-corrected chi connectivity index (χ0v) is 18.1. The standard InChI is InChI=1S/C25H28N4O3/c30-28-24-4-2-19-15-20(1-3-22(19)24)25-23(18-5-7-26-8-6-18)16-21(32-25)17-27-9-10-29-11-13-31-14-12-29/h1,3,5-8,15-16,27,30H,2,4,9-14,17H2/b28-24-. The van der Waals surface area contributed by atoms with Crippen LogP contribution in [0.4, 0.5) is 0 Å². The molecular weight excluding hydrogens is 404 g/mol. The number of pyridine rings is 1. The number of fused-ring (bicyclic) bond motifs is 1. The van der Waals surface area contributed by atoms with Crippen LogP contribution in [0.25, 0.3) is 22.5 Å². The molecule has 1 saturated heterocycles. The molecule has 0 spiro atoms. The van der Waals surface area contributed by atoms with Gasteiger partial charge < -0.3 is 19.7 Å². The van der Waals surface area contributed by atoms with Gasteiger partial charge in [0.05, 0.1) is 25.5 Å². The molecule has 1 fully saturated rings. The second-order valence-corrected chi connectivity index (χ2v) is 8.24. The molecule has 166 valence electrons. The van der Waals surface area contributed by atoms with Gasteiger partial charge in [-0.25, -0.2) is 0 Å². The fraction of sp³-hybridized carbons (Fsp3) is 0.360. The van der Waals surface area contributed by atoms with Crippen molar-refractivity contribution in [3.63, 3.8) is 0 Å². The monoisotopic (exact) mass is 432 g/mol. The molecule has 5 rings (SSSR count). The number of benzene rings is 1. The fourth-order valence-corrected chi connectivity index (χ4v) is 4.48. The Labute approximate surface area is 187 Å². The van der Waals surface area contributed by atoms with Crippen LogP contribution in [0.3, 0.4) is 0 Å². The number of morpholine rings is 1. The molecule has 1 aromatic carbocycles. The predicted molar refractivity (Wildman–Crippen MR) is 123 cm³/mol. The number of aromatic nitrogens is 1. The SMILES string of the molecule is O/N=C1/CCc2cc(-c3oc(CNCCN4CCOCC4)cc3-c3ccncc3)ccc21. The average molecular weight is 433 g/mol. The number of rotatable bonds is 7. The Morgan fingerprint density at radius 2 is 1.84 bits per heavy atom. The minimum atomic E-state index is 0.675. The van der Waals surface area contributed by atoms with Crippen LogP contribution in [-0.4, -0.2) is 60.2 Å². The largest absolute Gasteiger partial charge is 0.459 e. The summed E-state index contributed by atoms with van der Waals surface area (Å²) in [6, 6.07) is 12.4. The van der Waals surface area contributed by atoms with Crippen molar-refractivity contribution in [1.82, 2.24) is 15.2 Å². The summed E-state index contributed by atoms with van der Waals surface area (Å²) in [6.45, 7) is 6.23. The minimum Gasteiger partial charge on any atom is -0.459 e. The molecule has 3 heterocycles. The van der Waals surface area contributed by atoms with Crippen LogP contribution in [0.2, 0.25) is 0 Å². The van der Waals surface area contributed by atoms with Crippen LogP contribution in [-0.2, 0) is 17.7 Å². The zero-order chi connectivity index (χ0) is 21.8. The van der Waals surface area contributed by atoms with Crippen LogP contribution in [0.15, 0.2) is 58.4 Å². The molecule has 2 aliphatic rings. The summed E-state index contributed by atoms with van der Waals surface area (Å²) in [4.78, 5) is 6.57. The molecule has 2 aromatic heterocycles. The Kier molecular flexibility index (Phi) is 6.29. The second-order valence-electron chi connectivity index (χ2n) is 8.24. The number of hydrogen-bond acceptors (Lipinski definition) is 7. The second kappa shape index (κ2) is 9.65. The molecule has 0 unspecified atom stereocenters. The Morgan fingerprint density at radius 3 is 2.66 bits per heavy atom. The summed E-state index contributed by atoms with van der Waals surface area (Å²) in [6.07, 6.45) is 5.25. The van der Waals surface area contributed by atoms with Gasteiger partial charge in [0.2, 0.25) is 0 Å². The van der Waals surface area contributed by atoms with Crippen LogP contribution in [0.5, 0.6) is 0 Å². The van der Waals surface area contributed by atoms with Crippen molar-refractivity contribution in [3.8, 4) is 22.5 Å². The lowest BCUT2D eigenvalue weighted by Gasteiger charge is -2.26. The van der Waals surface area contributed by atoms with Gasteiger partial charge in [-0.05, 0) is 48.2 Å². The van der Waals surface area contributed by atoms with E-state index >= 15 is 0 Å². The van der Waals surface area contributed by atoms with E-state index in [1.807, 2.05) is 18.2 Å². The Balaban J connectivity index is 1.36. The molecule has 0 saturated carbocycles. The van der Waals surface area contributed by atoms with E-state index in [-0.39, 0.29) is 0 Å². The van der Waals surface area contributed by atoms with E-state index in [1.54, 1.807) is 12.4 Å². The summed E-state index contributed by atoms with van der Waals surface area (Å²) in [7, 11) is 0. The molecule has 7 heteroatoms. The van der Waals surface area contributed by atoms with Gasteiger partial charge in [-0.1, -0.05) is 17.3 Å². The van der Waals surface area contributed by atoms with E-state index in [1.165, 1.54) is 5.56 Å². The first-order valence-electron chi connectivity index (χ1n) is 11.2. The highest BCUT2D eigenvalue weighted by atomic mass is 16.5. The molecule has 0 atom stereocenters. The van der Waals surface area contributed by atoms with E-state index < -0.39 is 0 Å².